The fraction of sp³-hybridized carbons (Fsp3) is 0.176. The molecule has 0 aliphatic heterocycles. The summed E-state index contributed by atoms with van der Waals surface area (Å²) in [5.74, 6) is -0.294. The summed E-state index contributed by atoms with van der Waals surface area (Å²) in [4.78, 5) is 12.2. The predicted octanol–water partition coefficient (Wildman–Crippen LogP) is 4.03. The number of carbonyl (C=O) groups excluding carboxylic acids is 1. The highest BCUT2D eigenvalue weighted by Gasteiger charge is 2.34. The van der Waals surface area contributed by atoms with Crippen LogP contribution in [-0.2, 0) is 11.2 Å². The van der Waals surface area contributed by atoms with Gasteiger partial charge in [0, 0.05) is 5.69 Å². The van der Waals surface area contributed by atoms with Gasteiger partial charge in [0.15, 0.2) is 5.11 Å². The summed E-state index contributed by atoms with van der Waals surface area (Å²) < 4.78 is -1.78. The number of para-hydroxylation sites is 1. The molecule has 0 fully saturated rings. The van der Waals surface area contributed by atoms with Crippen LogP contribution in [-0.4, -0.2) is 21.0 Å². The maximum absolute atomic E-state index is 12.2. The molecule has 0 radical (unpaired) electrons. The van der Waals surface area contributed by atoms with E-state index in [-0.39, 0.29) is 17.4 Å². The second kappa shape index (κ2) is 9.25. The zero-order chi connectivity index (χ0) is 18.3. The Hall–Kier alpha value is -1.53. The lowest BCUT2D eigenvalue weighted by Crippen LogP contribution is -2.56. The van der Waals surface area contributed by atoms with Gasteiger partial charge in [-0.2, -0.15) is 0 Å². The Morgan fingerprint density at radius 2 is 1.52 bits per heavy atom. The fourth-order valence-corrected chi connectivity index (χ4v) is 2.58. The Kier molecular flexibility index (Phi) is 7.32. The Morgan fingerprint density at radius 3 is 2.08 bits per heavy atom. The standard InChI is InChI=1S/C17H16Cl3N3OS/c18-17(19,20)15(22-14(24)11-12-7-3-1-4-8-12)23-16(25)21-13-9-5-2-6-10-13/h1-10,15H,11H2,(H,22,24)(H2,21,23,25)/t15-/m0/s1. The van der Waals surface area contributed by atoms with Crippen LogP contribution in [0.3, 0.4) is 0 Å². The van der Waals surface area contributed by atoms with Gasteiger partial charge in [-0.25, -0.2) is 0 Å². The molecule has 1 atom stereocenters. The molecule has 2 rings (SSSR count). The molecular formula is C17H16Cl3N3OS. The van der Waals surface area contributed by atoms with Gasteiger partial charge < -0.3 is 16.0 Å². The van der Waals surface area contributed by atoms with Gasteiger partial charge in [-0.15, -0.1) is 0 Å². The molecule has 0 aliphatic rings. The van der Waals surface area contributed by atoms with Crippen molar-refractivity contribution in [1.82, 2.24) is 10.6 Å². The van der Waals surface area contributed by atoms with Crippen molar-refractivity contribution in [3.63, 3.8) is 0 Å². The smallest absolute Gasteiger partial charge is 0.228 e. The third-order valence-electron chi connectivity index (χ3n) is 3.15. The van der Waals surface area contributed by atoms with E-state index in [2.05, 4.69) is 16.0 Å². The summed E-state index contributed by atoms with van der Waals surface area (Å²) in [6, 6.07) is 18.6. The number of thiocarbonyl (C=S) groups is 1. The van der Waals surface area contributed by atoms with Crippen molar-refractivity contribution in [2.45, 2.75) is 16.4 Å². The van der Waals surface area contributed by atoms with Crippen molar-refractivity contribution in [2.75, 3.05) is 5.32 Å². The van der Waals surface area contributed by atoms with E-state index in [1.807, 2.05) is 60.7 Å². The predicted molar refractivity (Wildman–Crippen MR) is 108 cm³/mol. The van der Waals surface area contributed by atoms with Gasteiger partial charge in [0.05, 0.1) is 6.42 Å². The van der Waals surface area contributed by atoms with Gasteiger partial charge in [0.1, 0.15) is 6.17 Å². The first-order valence-corrected chi connectivity index (χ1v) is 8.91. The van der Waals surface area contributed by atoms with E-state index < -0.39 is 9.96 Å². The molecule has 2 aromatic rings. The van der Waals surface area contributed by atoms with Crippen LogP contribution in [0.4, 0.5) is 5.69 Å². The topological polar surface area (TPSA) is 53.2 Å². The summed E-state index contributed by atoms with van der Waals surface area (Å²) in [5.41, 5.74) is 1.63. The molecule has 2 aromatic carbocycles. The molecule has 0 heterocycles. The fourth-order valence-electron chi connectivity index (χ4n) is 2.01. The van der Waals surface area contributed by atoms with E-state index in [9.17, 15) is 4.79 Å². The maximum Gasteiger partial charge on any atom is 0.228 e. The van der Waals surface area contributed by atoms with E-state index in [4.69, 9.17) is 47.0 Å². The van der Waals surface area contributed by atoms with Crippen LogP contribution in [0, 0.1) is 0 Å². The summed E-state index contributed by atoms with van der Waals surface area (Å²) in [6.45, 7) is 0. The Balaban J connectivity index is 1.96. The highest BCUT2D eigenvalue weighted by atomic mass is 35.6. The third-order valence-corrected chi connectivity index (χ3v) is 4.02. The SMILES string of the molecule is O=C(Cc1ccccc1)N[C@@H](NC(=S)Nc1ccccc1)C(Cl)(Cl)Cl. The van der Waals surface area contributed by atoms with Gasteiger partial charge >= 0.3 is 0 Å². The third kappa shape index (κ3) is 7.08. The van der Waals surface area contributed by atoms with Crippen LogP contribution in [0.5, 0.6) is 0 Å². The number of carbonyl (C=O) groups is 1. The second-order valence-corrected chi connectivity index (χ2v) is 7.95. The molecule has 25 heavy (non-hydrogen) atoms. The van der Waals surface area contributed by atoms with Crippen LogP contribution < -0.4 is 16.0 Å². The molecular weight excluding hydrogens is 401 g/mol. The number of hydrogen-bond donors (Lipinski definition) is 3. The number of anilines is 1. The van der Waals surface area contributed by atoms with Crippen molar-refractivity contribution in [1.29, 1.82) is 0 Å². The summed E-state index contributed by atoms with van der Waals surface area (Å²) >= 11 is 23.1. The highest BCUT2D eigenvalue weighted by Crippen LogP contribution is 2.29. The first kappa shape index (κ1) is 19.8. The number of hydrogen-bond acceptors (Lipinski definition) is 2. The van der Waals surface area contributed by atoms with Gasteiger partial charge in [-0.05, 0) is 29.9 Å². The normalized spacial score (nSPS) is 12.1. The molecule has 4 nitrogen and oxygen atoms in total. The average molecular weight is 417 g/mol. The monoisotopic (exact) mass is 415 g/mol. The van der Waals surface area contributed by atoms with Crippen LogP contribution >= 0.6 is 47.0 Å². The van der Waals surface area contributed by atoms with E-state index in [0.717, 1.165) is 11.3 Å². The Morgan fingerprint density at radius 1 is 0.960 bits per heavy atom. The number of alkyl halides is 3. The number of benzene rings is 2. The molecule has 0 unspecified atom stereocenters. The minimum absolute atomic E-state index is 0.165. The van der Waals surface area contributed by atoms with Crippen LogP contribution in [0.2, 0.25) is 0 Å². The molecule has 0 saturated carbocycles. The molecule has 132 valence electrons. The van der Waals surface area contributed by atoms with Gasteiger partial charge in [0.25, 0.3) is 0 Å². The summed E-state index contributed by atoms with van der Waals surface area (Å²) in [7, 11) is 0. The van der Waals surface area contributed by atoms with E-state index in [1.165, 1.54) is 0 Å². The minimum Gasteiger partial charge on any atom is -0.339 e. The number of nitrogens with one attached hydrogen (secondary N) is 3. The first-order chi connectivity index (χ1) is 11.8. The second-order valence-electron chi connectivity index (χ2n) is 5.17. The molecule has 1 amide bonds. The number of halogens is 3. The van der Waals surface area contributed by atoms with E-state index in [0.29, 0.717) is 0 Å². The lowest BCUT2D eigenvalue weighted by atomic mass is 10.1. The van der Waals surface area contributed by atoms with Gasteiger partial charge in [-0.3, -0.25) is 4.79 Å². The summed E-state index contributed by atoms with van der Waals surface area (Å²) in [6.07, 6.45) is -0.823. The number of amides is 1. The zero-order valence-corrected chi connectivity index (χ0v) is 16.1. The average Bonchev–Trinajstić information content (AvgIpc) is 2.55. The van der Waals surface area contributed by atoms with Crippen LogP contribution in [0.1, 0.15) is 5.56 Å². The van der Waals surface area contributed by atoms with Crippen molar-refractivity contribution in [2.24, 2.45) is 0 Å². The van der Waals surface area contributed by atoms with Crippen LogP contribution in [0.25, 0.3) is 0 Å². The van der Waals surface area contributed by atoms with Crippen molar-refractivity contribution >= 4 is 63.7 Å². The van der Waals surface area contributed by atoms with Crippen molar-refractivity contribution in [3.05, 3.63) is 66.2 Å². The van der Waals surface area contributed by atoms with Crippen LogP contribution in [0.15, 0.2) is 60.7 Å². The van der Waals surface area contributed by atoms with Gasteiger partial charge in [0.2, 0.25) is 9.70 Å². The summed E-state index contributed by atoms with van der Waals surface area (Å²) in [5, 5.41) is 8.65. The highest BCUT2D eigenvalue weighted by molar-refractivity contribution is 7.80. The Bertz CT molecular complexity index is 653. The quantitative estimate of drug-likeness (QED) is 0.391. The molecule has 0 bridgehead atoms. The maximum atomic E-state index is 12.2. The lowest BCUT2D eigenvalue weighted by Gasteiger charge is -2.27. The minimum atomic E-state index is -1.78. The first-order valence-electron chi connectivity index (χ1n) is 7.37. The van der Waals surface area contributed by atoms with E-state index in [1.54, 1.807) is 0 Å². The van der Waals surface area contributed by atoms with Gasteiger partial charge in [-0.1, -0.05) is 83.3 Å². The lowest BCUT2D eigenvalue weighted by molar-refractivity contribution is -0.121. The molecule has 0 saturated heterocycles. The largest absolute Gasteiger partial charge is 0.339 e. The number of rotatable bonds is 5. The zero-order valence-electron chi connectivity index (χ0n) is 13.0. The Labute approximate surface area is 166 Å². The molecule has 0 aromatic heterocycles. The molecule has 0 aliphatic carbocycles. The molecule has 3 N–H and O–H groups in total. The molecule has 0 spiro atoms. The van der Waals surface area contributed by atoms with E-state index >= 15 is 0 Å². The molecule has 8 heteroatoms. The van der Waals surface area contributed by atoms with Crippen molar-refractivity contribution in [3.8, 4) is 0 Å². The van der Waals surface area contributed by atoms with Crippen molar-refractivity contribution < 1.29 is 4.79 Å².